The number of aliphatic hydroxyl groups excluding tert-OH is 1. The summed E-state index contributed by atoms with van der Waals surface area (Å²) in [6, 6.07) is 5.62. The molecular weight excluding hydrogens is 294 g/mol. The Bertz CT molecular complexity index is 513. The number of aliphatic hydroxyl groups is 1. The van der Waals surface area contributed by atoms with Crippen molar-refractivity contribution in [2.45, 2.75) is 24.8 Å². The van der Waals surface area contributed by atoms with E-state index >= 15 is 0 Å². The fourth-order valence-corrected chi connectivity index (χ4v) is 2.99. The van der Waals surface area contributed by atoms with Crippen molar-refractivity contribution >= 4 is 10.0 Å². The lowest BCUT2D eigenvalue weighted by Gasteiger charge is -2.19. The lowest BCUT2D eigenvalue weighted by atomic mass is 10.1. The van der Waals surface area contributed by atoms with Gasteiger partial charge >= 0.3 is 0 Å². The summed E-state index contributed by atoms with van der Waals surface area (Å²) < 4.78 is 37.1. The molecule has 0 bridgehead atoms. The summed E-state index contributed by atoms with van der Waals surface area (Å²) >= 11 is 0. The van der Waals surface area contributed by atoms with E-state index in [-0.39, 0.29) is 17.4 Å². The van der Waals surface area contributed by atoms with Gasteiger partial charge in [-0.1, -0.05) is 13.8 Å². The maximum atomic E-state index is 12.2. The van der Waals surface area contributed by atoms with Gasteiger partial charge in [0.05, 0.1) is 18.1 Å². The average molecular weight is 317 g/mol. The van der Waals surface area contributed by atoms with Gasteiger partial charge in [-0.2, -0.15) is 0 Å². The molecule has 1 aromatic rings. The van der Waals surface area contributed by atoms with Crippen molar-refractivity contribution in [2.75, 3.05) is 26.9 Å². The summed E-state index contributed by atoms with van der Waals surface area (Å²) in [5, 5.41) is 9.21. The van der Waals surface area contributed by atoms with Gasteiger partial charge in [-0.15, -0.1) is 0 Å². The number of hydrogen-bond donors (Lipinski definition) is 2. The van der Waals surface area contributed by atoms with Gasteiger partial charge in [-0.25, -0.2) is 13.1 Å². The summed E-state index contributed by atoms with van der Waals surface area (Å²) in [6.45, 7) is 4.32. The highest BCUT2D eigenvalue weighted by molar-refractivity contribution is 7.89. The Morgan fingerprint density at radius 2 is 1.81 bits per heavy atom. The average Bonchev–Trinajstić information content (AvgIpc) is 2.45. The molecule has 2 N–H and O–H groups in total. The van der Waals surface area contributed by atoms with Crippen LogP contribution in [0.1, 0.15) is 13.8 Å². The van der Waals surface area contributed by atoms with Crippen molar-refractivity contribution < 1.29 is 23.0 Å². The summed E-state index contributed by atoms with van der Waals surface area (Å²) in [5.74, 6) is 0.579. The van der Waals surface area contributed by atoms with Crippen molar-refractivity contribution in [1.82, 2.24) is 4.72 Å². The van der Waals surface area contributed by atoms with Crippen LogP contribution in [0, 0.1) is 5.92 Å². The predicted octanol–water partition coefficient (Wildman–Crippen LogP) is 1.01. The zero-order chi connectivity index (χ0) is 15.9. The van der Waals surface area contributed by atoms with Gasteiger partial charge in [0, 0.05) is 13.2 Å². The molecule has 0 amide bonds. The van der Waals surface area contributed by atoms with Gasteiger partial charge < -0.3 is 14.6 Å². The second kappa shape index (κ2) is 8.33. The van der Waals surface area contributed by atoms with Crippen LogP contribution in [0.4, 0.5) is 0 Å². The zero-order valence-electron chi connectivity index (χ0n) is 12.6. The Morgan fingerprint density at radius 3 is 2.29 bits per heavy atom. The predicted molar refractivity (Wildman–Crippen MR) is 79.8 cm³/mol. The van der Waals surface area contributed by atoms with Crippen molar-refractivity contribution in [3.8, 4) is 5.75 Å². The highest BCUT2D eigenvalue weighted by Crippen LogP contribution is 2.17. The molecule has 1 atom stereocenters. The molecule has 0 heterocycles. The third kappa shape index (κ3) is 5.62. The second-order valence-corrected chi connectivity index (χ2v) is 6.68. The molecule has 0 spiro atoms. The van der Waals surface area contributed by atoms with Gasteiger partial charge in [0.25, 0.3) is 0 Å². The van der Waals surface area contributed by atoms with Crippen LogP contribution in [0.2, 0.25) is 0 Å². The highest BCUT2D eigenvalue weighted by Gasteiger charge is 2.21. The molecule has 0 aliphatic carbocycles. The summed E-state index contributed by atoms with van der Waals surface area (Å²) in [4.78, 5) is 0.140. The van der Waals surface area contributed by atoms with Crippen LogP contribution in [0.15, 0.2) is 29.2 Å². The first-order chi connectivity index (χ1) is 9.90. The molecule has 0 unspecified atom stereocenters. The molecule has 7 heteroatoms. The molecule has 0 aliphatic heterocycles. The number of benzene rings is 1. The largest absolute Gasteiger partial charge is 0.491 e. The monoisotopic (exact) mass is 317 g/mol. The summed E-state index contributed by atoms with van der Waals surface area (Å²) in [6.07, 6.45) is 0. The molecule has 1 rings (SSSR count). The third-order valence-electron chi connectivity index (χ3n) is 3.00. The van der Waals surface area contributed by atoms with E-state index < -0.39 is 16.1 Å². The van der Waals surface area contributed by atoms with Gasteiger partial charge in [0.15, 0.2) is 0 Å². The zero-order valence-corrected chi connectivity index (χ0v) is 13.4. The van der Waals surface area contributed by atoms with Crippen LogP contribution in [-0.4, -0.2) is 46.5 Å². The van der Waals surface area contributed by atoms with E-state index in [0.29, 0.717) is 19.0 Å². The molecule has 0 aliphatic rings. The first kappa shape index (κ1) is 17.9. The lowest BCUT2D eigenvalue weighted by molar-refractivity contribution is 0.146. The molecule has 21 heavy (non-hydrogen) atoms. The van der Waals surface area contributed by atoms with Crippen LogP contribution >= 0.6 is 0 Å². The Labute approximate surface area is 126 Å². The Morgan fingerprint density at radius 1 is 1.19 bits per heavy atom. The molecule has 6 nitrogen and oxygen atoms in total. The highest BCUT2D eigenvalue weighted by atomic mass is 32.2. The van der Waals surface area contributed by atoms with Crippen LogP contribution in [0.25, 0.3) is 0 Å². The molecule has 0 radical (unpaired) electrons. The van der Waals surface area contributed by atoms with E-state index in [1.54, 1.807) is 19.2 Å². The van der Waals surface area contributed by atoms with Crippen LogP contribution in [0.3, 0.4) is 0 Å². The summed E-state index contributed by atoms with van der Waals surface area (Å²) in [7, 11) is -2.07. The maximum Gasteiger partial charge on any atom is 0.240 e. The number of ether oxygens (including phenoxy) is 2. The first-order valence-electron chi connectivity index (χ1n) is 6.75. The van der Waals surface area contributed by atoms with Crippen LogP contribution in [-0.2, 0) is 14.8 Å². The normalized spacial score (nSPS) is 13.4. The minimum absolute atomic E-state index is 0.00132. The third-order valence-corrected chi connectivity index (χ3v) is 4.50. The smallest absolute Gasteiger partial charge is 0.240 e. The van der Waals surface area contributed by atoms with Crippen LogP contribution < -0.4 is 9.46 Å². The molecular formula is C14H23NO5S. The van der Waals surface area contributed by atoms with Crippen molar-refractivity contribution in [3.63, 3.8) is 0 Å². The standard InChI is InChI=1S/C14H23NO5S/c1-11(2)14(10-16)15-21(17,18)13-6-4-12(5-7-13)20-9-8-19-3/h4-7,11,14-16H,8-10H2,1-3H3/t14-/m1/s1. The lowest BCUT2D eigenvalue weighted by Crippen LogP contribution is -2.41. The number of nitrogens with one attached hydrogen (secondary N) is 1. The Balaban J connectivity index is 2.75. The van der Waals surface area contributed by atoms with Gasteiger partial charge in [-0.05, 0) is 30.2 Å². The maximum absolute atomic E-state index is 12.2. The SMILES string of the molecule is COCCOc1ccc(S(=O)(=O)N[C@H](CO)C(C)C)cc1. The van der Waals surface area contributed by atoms with E-state index in [9.17, 15) is 13.5 Å². The van der Waals surface area contributed by atoms with E-state index in [1.165, 1.54) is 12.1 Å². The Hall–Kier alpha value is -1.15. The van der Waals surface area contributed by atoms with Crippen molar-refractivity contribution in [2.24, 2.45) is 5.92 Å². The molecule has 120 valence electrons. The molecule has 1 aromatic carbocycles. The minimum Gasteiger partial charge on any atom is -0.491 e. The number of methoxy groups -OCH3 is 1. The molecule has 0 saturated carbocycles. The van der Waals surface area contributed by atoms with Gasteiger partial charge in [-0.3, -0.25) is 0 Å². The molecule has 0 saturated heterocycles. The van der Waals surface area contributed by atoms with Gasteiger partial charge in [0.1, 0.15) is 12.4 Å². The Kier molecular flexibility index (Phi) is 7.10. The van der Waals surface area contributed by atoms with E-state index in [1.807, 2.05) is 13.8 Å². The fourth-order valence-electron chi connectivity index (χ4n) is 1.61. The quantitative estimate of drug-likeness (QED) is 0.664. The second-order valence-electron chi connectivity index (χ2n) is 4.97. The van der Waals surface area contributed by atoms with E-state index in [2.05, 4.69) is 4.72 Å². The van der Waals surface area contributed by atoms with E-state index in [4.69, 9.17) is 9.47 Å². The van der Waals surface area contributed by atoms with Gasteiger partial charge in [0.2, 0.25) is 10.0 Å². The minimum atomic E-state index is -3.65. The van der Waals surface area contributed by atoms with Crippen molar-refractivity contribution in [3.05, 3.63) is 24.3 Å². The number of sulfonamides is 1. The number of rotatable bonds is 9. The number of hydrogen-bond acceptors (Lipinski definition) is 5. The first-order valence-corrected chi connectivity index (χ1v) is 8.24. The summed E-state index contributed by atoms with van der Waals surface area (Å²) in [5.41, 5.74) is 0. The van der Waals surface area contributed by atoms with Crippen LogP contribution in [0.5, 0.6) is 5.75 Å². The topological polar surface area (TPSA) is 84.9 Å². The molecule has 0 fully saturated rings. The fraction of sp³-hybridized carbons (Fsp3) is 0.571. The molecule has 0 aromatic heterocycles. The van der Waals surface area contributed by atoms with E-state index in [0.717, 1.165) is 0 Å². The van der Waals surface area contributed by atoms with Crippen molar-refractivity contribution in [1.29, 1.82) is 0 Å².